The van der Waals surface area contributed by atoms with E-state index < -0.39 is 10.0 Å². The van der Waals surface area contributed by atoms with E-state index in [-0.39, 0.29) is 29.5 Å². The normalized spacial score (nSPS) is 11.5. The lowest BCUT2D eigenvalue weighted by Crippen LogP contribution is -2.23. The number of anilines is 2. The molecule has 27 heavy (non-hydrogen) atoms. The number of nitrogens with zero attached hydrogens (tertiary/aromatic N) is 2. The van der Waals surface area contributed by atoms with Crippen molar-refractivity contribution in [2.45, 2.75) is 17.7 Å². The number of carbonyl (C=O) groups excluding carboxylic acids is 1. The first-order chi connectivity index (χ1) is 12.6. The third kappa shape index (κ3) is 5.05. The van der Waals surface area contributed by atoms with Crippen molar-refractivity contribution in [2.24, 2.45) is 0 Å². The topological polar surface area (TPSA) is 69.7 Å². The van der Waals surface area contributed by atoms with Crippen LogP contribution in [0.25, 0.3) is 0 Å². The molecule has 0 heterocycles. The molecule has 6 nitrogen and oxygen atoms in total. The summed E-state index contributed by atoms with van der Waals surface area (Å²) in [4.78, 5) is 14.2. The monoisotopic (exact) mass is 393 g/mol. The zero-order valence-corrected chi connectivity index (χ0v) is 16.7. The van der Waals surface area contributed by atoms with Gasteiger partial charge in [-0.2, -0.15) is 0 Å². The fourth-order valence-corrected chi connectivity index (χ4v) is 3.47. The van der Waals surface area contributed by atoms with Crippen LogP contribution < -0.4 is 10.2 Å². The number of amides is 1. The van der Waals surface area contributed by atoms with Gasteiger partial charge in [0.2, 0.25) is 15.9 Å². The summed E-state index contributed by atoms with van der Waals surface area (Å²) < 4.78 is 39.5. The molecule has 0 fully saturated rings. The lowest BCUT2D eigenvalue weighted by molar-refractivity contribution is -0.116. The molecule has 0 aromatic heterocycles. The number of halogens is 1. The third-order valence-corrected chi connectivity index (χ3v) is 5.89. The van der Waals surface area contributed by atoms with Crippen LogP contribution in [0.4, 0.5) is 15.8 Å². The lowest BCUT2D eigenvalue weighted by atomic mass is 10.1. The van der Waals surface area contributed by atoms with Crippen molar-refractivity contribution < 1.29 is 17.6 Å². The summed E-state index contributed by atoms with van der Waals surface area (Å²) in [5, 5.41) is 2.75. The summed E-state index contributed by atoms with van der Waals surface area (Å²) in [5.74, 6) is -0.667. The van der Waals surface area contributed by atoms with Crippen LogP contribution in [-0.4, -0.2) is 46.8 Å². The molecule has 2 rings (SSSR count). The number of hydrogen-bond donors (Lipinski definition) is 1. The molecule has 0 aliphatic rings. The molecule has 8 heteroatoms. The molecule has 0 saturated heterocycles. The molecule has 0 saturated carbocycles. The van der Waals surface area contributed by atoms with Gasteiger partial charge in [0.15, 0.2) is 0 Å². The SMILES string of the molecule is CN(C)c1ccc(S(=O)(=O)N(C)C)cc1NC(=O)CCc1ccccc1F. The van der Waals surface area contributed by atoms with Gasteiger partial charge in [-0.15, -0.1) is 0 Å². The van der Waals surface area contributed by atoms with Gasteiger partial charge in [0.25, 0.3) is 0 Å². The second-order valence-electron chi connectivity index (χ2n) is 6.50. The summed E-state index contributed by atoms with van der Waals surface area (Å²) >= 11 is 0. The highest BCUT2D eigenvalue weighted by Crippen LogP contribution is 2.28. The second kappa shape index (κ2) is 8.49. The van der Waals surface area contributed by atoms with Crippen LogP contribution in [0.3, 0.4) is 0 Å². The fourth-order valence-electron chi connectivity index (χ4n) is 2.54. The summed E-state index contributed by atoms with van der Waals surface area (Å²) in [6, 6.07) is 10.9. The van der Waals surface area contributed by atoms with E-state index in [0.29, 0.717) is 16.9 Å². The number of nitrogens with one attached hydrogen (secondary N) is 1. The smallest absolute Gasteiger partial charge is 0.242 e. The molecule has 0 spiro atoms. The Hall–Kier alpha value is -2.45. The minimum atomic E-state index is -3.62. The fraction of sp³-hybridized carbons (Fsp3) is 0.316. The summed E-state index contributed by atoms with van der Waals surface area (Å²) in [6.45, 7) is 0. The van der Waals surface area contributed by atoms with Crippen molar-refractivity contribution >= 4 is 27.3 Å². The van der Waals surface area contributed by atoms with E-state index in [2.05, 4.69) is 5.32 Å². The molecule has 0 unspecified atom stereocenters. The number of carbonyl (C=O) groups is 1. The van der Waals surface area contributed by atoms with Gasteiger partial charge in [0.1, 0.15) is 5.82 Å². The molecule has 1 amide bonds. The van der Waals surface area contributed by atoms with Crippen molar-refractivity contribution in [1.82, 2.24) is 4.31 Å². The van der Waals surface area contributed by atoms with Crippen LogP contribution >= 0.6 is 0 Å². The largest absolute Gasteiger partial charge is 0.376 e. The predicted octanol–water partition coefficient (Wildman–Crippen LogP) is 2.71. The van der Waals surface area contributed by atoms with Gasteiger partial charge in [-0.1, -0.05) is 18.2 Å². The van der Waals surface area contributed by atoms with Crippen molar-refractivity contribution in [3.8, 4) is 0 Å². The Bertz CT molecular complexity index is 928. The number of benzene rings is 2. The average Bonchev–Trinajstić information content (AvgIpc) is 2.60. The van der Waals surface area contributed by atoms with Gasteiger partial charge >= 0.3 is 0 Å². The summed E-state index contributed by atoms with van der Waals surface area (Å²) in [5.41, 5.74) is 1.53. The van der Waals surface area contributed by atoms with Gasteiger partial charge in [-0.25, -0.2) is 17.1 Å². The van der Waals surface area contributed by atoms with Crippen LogP contribution in [0, 0.1) is 5.82 Å². The molecular formula is C19H24FN3O3S. The first-order valence-electron chi connectivity index (χ1n) is 8.40. The van der Waals surface area contributed by atoms with E-state index in [9.17, 15) is 17.6 Å². The minimum absolute atomic E-state index is 0.0818. The van der Waals surface area contributed by atoms with Gasteiger partial charge in [-0.05, 0) is 36.2 Å². The molecule has 0 atom stereocenters. The first-order valence-corrected chi connectivity index (χ1v) is 9.84. The summed E-state index contributed by atoms with van der Waals surface area (Å²) in [6.07, 6.45) is 0.337. The lowest BCUT2D eigenvalue weighted by Gasteiger charge is -2.20. The van der Waals surface area contributed by atoms with Gasteiger partial charge in [-0.3, -0.25) is 4.79 Å². The molecule has 1 N–H and O–H groups in total. The molecule has 0 aliphatic heterocycles. The zero-order valence-electron chi connectivity index (χ0n) is 15.9. The highest BCUT2D eigenvalue weighted by molar-refractivity contribution is 7.89. The second-order valence-corrected chi connectivity index (χ2v) is 8.65. The van der Waals surface area contributed by atoms with Crippen molar-refractivity contribution in [3.05, 3.63) is 53.8 Å². The molecule has 0 aliphatic carbocycles. The first kappa shape index (κ1) is 20.9. The van der Waals surface area contributed by atoms with Crippen LogP contribution in [-0.2, 0) is 21.2 Å². The number of hydrogen-bond acceptors (Lipinski definition) is 4. The molecule has 2 aromatic rings. The van der Waals surface area contributed by atoms with Gasteiger partial charge in [0, 0.05) is 34.6 Å². The highest BCUT2D eigenvalue weighted by atomic mass is 32.2. The minimum Gasteiger partial charge on any atom is -0.376 e. The third-order valence-electron chi connectivity index (χ3n) is 4.08. The Labute approximate surface area is 159 Å². The van der Waals surface area contributed by atoms with Crippen LogP contribution in [0.5, 0.6) is 0 Å². The van der Waals surface area contributed by atoms with Crippen molar-refractivity contribution in [2.75, 3.05) is 38.4 Å². The number of rotatable bonds is 7. The molecule has 0 radical (unpaired) electrons. The van der Waals surface area contributed by atoms with Crippen LogP contribution in [0.2, 0.25) is 0 Å². The van der Waals surface area contributed by atoms with Gasteiger partial charge < -0.3 is 10.2 Å². The number of sulfonamides is 1. The van der Waals surface area contributed by atoms with Crippen LogP contribution in [0.1, 0.15) is 12.0 Å². The van der Waals surface area contributed by atoms with Gasteiger partial charge in [0.05, 0.1) is 16.3 Å². The highest BCUT2D eigenvalue weighted by Gasteiger charge is 2.20. The Kier molecular flexibility index (Phi) is 6.56. The van der Waals surface area contributed by atoms with E-state index in [1.807, 2.05) is 0 Å². The Balaban J connectivity index is 2.22. The Morgan fingerprint density at radius 3 is 2.33 bits per heavy atom. The average molecular weight is 393 g/mol. The predicted molar refractivity (Wildman–Crippen MR) is 105 cm³/mol. The maximum Gasteiger partial charge on any atom is 0.242 e. The maximum atomic E-state index is 13.7. The molecule has 2 aromatic carbocycles. The Morgan fingerprint density at radius 1 is 1.07 bits per heavy atom. The van der Waals surface area contributed by atoms with Crippen LogP contribution in [0.15, 0.2) is 47.4 Å². The Morgan fingerprint density at radius 2 is 1.74 bits per heavy atom. The van der Waals surface area contributed by atoms with E-state index in [1.54, 1.807) is 43.3 Å². The zero-order chi connectivity index (χ0) is 20.2. The quantitative estimate of drug-likeness (QED) is 0.785. The van der Waals surface area contributed by atoms with E-state index >= 15 is 0 Å². The standard InChI is InChI=1S/C19H24FN3O3S/c1-22(2)18-11-10-15(27(25,26)23(3)4)13-17(18)21-19(24)12-9-14-7-5-6-8-16(14)20/h5-8,10-11,13H,9,12H2,1-4H3,(H,21,24). The van der Waals surface area contributed by atoms with E-state index in [1.165, 1.54) is 32.3 Å². The van der Waals surface area contributed by atoms with Crippen molar-refractivity contribution in [3.63, 3.8) is 0 Å². The molecular weight excluding hydrogens is 369 g/mol. The number of aryl methyl sites for hydroxylation is 1. The molecule has 146 valence electrons. The van der Waals surface area contributed by atoms with E-state index in [4.69, 9.17) is 0 Å². The maximum absolute atomic E-state index is 13.7. The van der Waals surface area contributed by atoms with Crippen molar-refractivity contribution in [1.29, 1.82) is 0 Å². The summed E-state index contributed by atoms with van der Waals surface area (Å²) in [7, 11) is 2.86. The molecule has 0 bridgehead atoms. The van der Waals surface area contributed by atoms with E-state index in [0.717, 1.165) is 4.31 Å².